The summed E-state index contributed by atoms with van der Waals surface area (Å²) in [6, 6.07) is 5.94. The summed E-state index contributed by atoms with van der Waals surface area (Å²) in [5.74, 6) is -0.565. The highest BCUT2D eigenvalue weighted by atomic mass is 32.2. The molecule has 3 N–H and O–H groups in total. The van der Waals surface area contributed by atoms with Gasteiger partial charge in [0.05, 0.1) is 5.75 Å². The summed E-state index contributed by atoms with van der Waals surface area (Å²) in [6.07, 6.45) is 5.72. The number of sulfonamides is 1. The molecule has 208 valence electrons. The second-order valence-corrected chi connectivity index (χ2v) is 12.8. The number of rotatable bonds is 9. The molecule has 2 amide bonds. The van der Waals surface area contributed by atoms with Crippen LogP contribution in [0, 0.1) is 5.41 Å². The SMILES string of the molecule is C=C(C)CC1(CC)C(=O)NC(=S)NC1=O.CN(C)CCc1c[nH]c2ccc(CS(=O)(=O)N3CCCC3)cc12. The average Bonchev–Trinajstić information content (AvgIpc) is 3.51. The highest BCUT2D eigenvalue weighted by molar-refractivity contribution is 7.88. The molecule has 2 aliphatic heterocycles. The molecule has 3 heterocycles. The number of nitrogens with zero attached hydrogens (tertiary/aromatic N) is 2. The van der Waals surface area contributed by atoms with E-state index in [2.05, 4.69) is 41.2 Å². The van der Waals surface area contributed by atoms with E-state index in [0.717, 1.165) is 47.8 Å². The first kappa shape index (κ1) is 29.9. The van der Waals surface area contributed by atoms with Crippen molar-refractivity contribution in [3.8, 4) is 0 Å². The number of amides is 2. The number of H-pyrrole nitrogens is 1. The zero-order chi connectivity index (χ0) is 28.1. The number of hydrogen-bond donors (Lipinski definition) is 3. The standard InChI is InChI=1S/C17H25N3O2S.C10H14N2O2S/c1-19(2)10-7-15-12-18-17-6-5-14(11-16(15)17)13-23(21,22)20-8-3-4-9-20;1-4-10(5-6(2)3)7(13)11-9(15)12-8(10)14/h5-6,11-12,18H,3-4,7-10,13H2,1-2H3;2,4-5H2,1,3H3,(H2,11,12,13,14,15). The third-order valence-electron chi connectivity index (χ3n) is 7.00. The van der Waals surface area contributed by atoms with Crippen LogP contribution in [0.25, 0.3) is 10.9 Å². The molecule has 0 saturated carbocycles. The Morgan fingerprint density at radius 1 is 1.16 bits per heavy atom. The molecule has 2 saturated heterocycles. The predicted molar refractivity (Wildman–Crippen MR) is 155 cm³/mol. The van der Waals surface area contributed by atoms with Gasteiger partial charge in [-0.2, -0.15) is 0 Å². The number of likely N-dealkylation sites (N-methyl/N-ethyl adjacent to an activating group) is 1. The summed E-state index contributed by atoms with van der Waals surface area (Å²) in [5.41, 5.74) is 2.94. The number of thiocarbonyl (C=S) groups is 1. The Bertz CT molecular complexity index is 1290. The van der Waals surface area contributed by atoms with Crippen molar-refractivity contribution in [3.05, 3.63) is 47.7 Å². The first-order chi connectivity index (χ1) is 17.9. The third-order valence-corrected chi connectivity index (χ3v) is 9.05. The Balaban J connectivity index is 0.000000232. The van der Waals surface area contributed by atoms with E-state index < -0.39 is 15.4 Å². The van der Waals surface area contributed by atoms with Gasteiger partial charge >= 0.3 is 0 Å². The zero-order valence-electron chi connectivity index (χ0n) is 22.7. The molecule has 1 aromatic heterocycles. The minimum atomic E-state index is -3.19. The van der Waals surface area contributed by atoms with Gasteiger partial charge in [-0.25, -0.2) is 12.7 Å². The topological polar surface area (TPSA) is 115 Å². The molecule has 1 aromatic carbocycles. The number of carbonyl (C=O) groups excluding carboxylic acids is 2. The molecule has 38 heavy (non-hydrogen) atoms. The molecule has 0 radical (unpaired) electrons. The van der Waals surface area contributed by atoms with Crippen molar-refractivity contribution >= 4 is 50.1 Å². The number of carbonyl (C=O) groups is 2. The maximum atomic E-state index is 12.5. The van der Waals surface area contributed by atoms with Crippen LogP contribution in [0.15, 0.2) is 36.5 Å². The highest BCUT2D eigenvalue weighted by Gasteiger charge is 2.47. The van der Waals surface area contributed by atoms with Crippen molar-refractivity contribution in [2.75, 3.05) is 33.7 Å². The van der Waals surface area contributed by atoms with Crippen LogP contribution < -0.4 is 10.6 Å². The van der Waals surface area contributed by atoms with Crippen molar-refractivity contribution < 1.29 is 18.0 Å². The minimum Gasteiger partial charge on any atom is -0.361 e. The molecular weight excluding hydrogens is 522 g/mol. The van der Waals surface area contributed by atoms with Crippen molar-refractivity contribution in [3.63, 3.8) is 0 Å². The van der Waals surface area contributed by atoms with Gasteiger partial charge in [0.2, 0.25) is 21.8 Å². The number of aromatic nitrogens is 1. The molecular formula is C27H39N5O4S2. The van der Waals surface area contributed by atoms with Crippen LogP contribution in [-0.4, -0.2) is 73.3 Å². The fraction of sp³-hybridized carbons (Fsp3) is 0.519. The van der Waals surface area contributed by atoms with E-state index in [1.165, 1.54) is 5.56 Å². The Labute approximate surface area is 231 Å². The summed E-state index contributed by atoms with van der Waals surface area (Å²) >= 11 is 4.74. The van der Waals surface area contributed by atoms with Gasteiger partial charge < -0.3 is 20.5 Å². The molecule has 11 heteroatoms. The number of hydrogen-bond acceptors (Lipinski definition) is 6. The van der Waals surface area contributed by atoms with Gasteiger partial charge in [-0.1, -0.05) is 18.6 Å². The van der Waals surface area contributed by atoms with Crippen molar-refractivity contribution in [2.45, 2.75) is 51.7 Å². The molecule has 0 unspecified atom stereocenters. The second-order valence-electron chi connectivity index (χ2n) is 10.4. The number of fused-ring (bicyclic) bond motifs is 1. The number of allylic oxidation sites excluding steroid dienone is 1. The first-order valence-corrected chi connectivity index (χ1v) is 14.9. The van der Waals surface area contributed by atoms with E-state index >= 15 is 0 Å². The quantitative estimate of drug-likeness (QED) is 0.246. The van der Waals surface area contributed by atoms with Crippen molar-refractivity contribution in [2.24, 2.45) is 5.41 Å². The summed E-state index contributed by atoms with van der Waals surface area (Å²) < 4.78 is 26.6. The molecule has 4 rings (SSSR count). The van der Waals surface area contributed by atoms with Crippen LogP contribution in [0.5, 0.6) is 0 Å². The average molecular weight is 562 g/mol. The lowest BCUT2D eigenvalue weighted by molar-refractivity contribution is -0.143. The van der Waals surface area contributed by atoms with Crippen LogP contribution >= 0.6 is 12.2 Å². The maximum absolute atomic E-state index is 12.5. The highest BCUT2D eigenvalue weighted by Crippen LogP contribution is 2.32. The Morgan fingerprint density at radius 2 is 1.79 bits per heavy atom. The van der Waals surface area contributed by atoms with Crippen LogP contribution in [-0.2, 0) is 31.8 Å². The largest absolute Gasteiger partial charge is 0.361 e. The lowest BCUT2D eigenvalue weighted by Crippen LogP contribution is -2.62. The fourth-order valence-electron chi connectivity index (χ4n) is 4.84. The molecule has 0 atom stereocenters. The van der Waals surface area contributed by atoms with Gasteiger partial charge in [0.25, 0.3) is 0 Å². The second kappa shape index (κ2) is 12.5. The Hall–Kier alpha value is -2.60. The number of aromatic amines is 1. The van der Waals surface area contributed by atoms with Gasteiger partial charge in [0.1, 0.15) is 5.41 Å². The van der Waals surface area contributed by atoms with Gasteiger partial charge in [-0.3, -0.25) is 9.59 Å². The van der Waals surface area contributed by atoms with Crippen molar-refractivity contribution in [1.82, 2.24) is 24.8 Å². The van der Waals surface area contributed by atoms with E-state index in [4.69, 9.17) is 12.2 Å². The van der Waals surface area contributed by atoms with Gasteiger partial charge in [-0.05, 0) is 88.6 Å². The molecule has 0 bridgehead atoms. The molecule has 2 aromatic rings. The van der Waals surface area contributed by atoms with E-state index in [1.54, 1.807) is 18.2 Å². The van der Waals surface area contributed by atoms with Gasteiger partial charge in [0.15, 0.2) is 5.11 Å². The van der Waals surface area contributed by atoms with E-state index in [0.29, 0.717) is 25.9 Å². The molecule has 0 aliphatic carbocycles. The van der Waals surface area contributed by atoms with E-state index in [9.17, 15) is 18.0 Å². The lowest BCUT2D eigenvalue weighted by Gasteiger charge is -2.34. The monoisotopic (exact) mass is 561 g/mol. The van der Waals surface area contributed by atoms with E-state index in [1.807, 2.05) is 24.4 Å². The third kappa shape index (κ3) is 7.07. The van der Waals surface area contributed by atoms with Gasteiger partial charge in [0, 0.05) is 36.7 Å². The smallest absolute Gasteiger partial charge is 0.242 e. The number of nitrogens with one attached hydrogen (secondary N) is 3. The summed E-state index contributed by atoms with van der Waals surface area (Å²) in [5, 5.41) is 6.17. The predicted octanol–water partition coefficient (Wildman–Crippen LogP) is 3.08. The summed E-state index contributed by atoms with van der Waals surface area (Å²) in [4.78, 5) is 29.0. The normalized spacial score (nSPS) is 17.8. The zero-order valence-corrected chi connectivity index (χ0v) is 24.4. The van der Waals surface area contributed by atoms with Crippen LogP contribution in [0.2, 0.25) is 0 Å². The Kier molecular flexibility index (Phi) is 9.85. The first-order valence-electron chi connectivity index (χ1n) is 12.9. The van der Waals surface area contributed by atoms with Crippen LogP contribution in [0.1, 0.15) is 50.7 Å². The molecule has 2 fully saturated rings. The van der Waals surface area contributed by atoms with Crippen molar-refractivity contribution in [1.29, 1.82) is 0 Å². The lowest BCUT2D eigenvalue weighted by atomic mass is 9.77. The summed E-state index contributed by atoms with van der Waals surface area (Å²) in [7, 11) is 0.928. The molecule has 2 aliphatic rings. The van der Waals surface area contributed by atoms with Gasteiger partial charge in [-0.15, -0.1) is 6.58 Å². The summed E-state index contributed by atoms with van der Waals surface area (Å²) in [6.45, 7) is 9.65. The molecule has 9 nitrogen and oxygen atoms in total. The fourth-order valence-corrected chi connectivity index (χ4v) is 6.62. The molecule has 0 spiro atoms. The number of benzene rings is 1. The minimum absolute atomic E-state index is 0.0794. The maximum Gasteiger partial charge on any atom is 0.242 e. The Morgan fingerprint density at radius 3 is 2.34 bits per heavy atom. The van der Waals surface area contributed by atoms with Crippen LogP contribution in [0.3, 0.4) is 0 Å². The van der Waals surface area contributed by atoms with E-state index in [-0.39, 0.29) is 22.7 Å². The van der Waals surface area contributed by atoms with Crippen LogP contribution in [0.4, 0.5) is 0 Å².